The molecule has 2 amide bonds. The van der Waals surface area contributed by atoms with E-state index in [4.69, 9.17) is 0 Å². The lowest BCUT2D eigenvalue weighted by molar-refractivity contribution is 0.216. The SMILES string of the molecule is CN(C)C(=O)NCc1cc2n(n1)CCN(C/C=C/c1ccc(F)cc1)C2. The smallest absolute Gasteiger partial charge is 0.317 e. The number of amides is 2. The van der Waals surface area contributed by atoms with Crippen molar-refractivity contribution in [1.29, 1.82) is 0 Å². The van der Waals surface area contributed by atoms with Crippen molar-refractivity contribution < 1.29 is 9.18 Å². The molecule has 0 aliphatic carbocycles. The van der Waals surface area contributed by atoms with Gasteiger partial charge in [-0.3, -0.25) is 9.58 Å². The molecular formula is C19H24FN5O. The number of carbonyl (C=O) groups excluding carboxylic acids is 1. The Labute approximate surface area is 152 Å². The Morgan fingerprint density at radius 2 is 2.08 bits per heavy atom. The monoisotopic (exact) mass is 357 g/mol. The normalized spacial score (nSPS) is 14.4. The first-order valence-corrected chi connectivity index (χ1v) is 8.66. The third-order valence-corrected chi connectivity index (χ3v) is 4.30. The maximum atomic E-state index is 12.9. The molecule has 138 valence electrons. The second kappa shape index (κ2) is 8.14. The van der Waals surface area contributed by atoms with Gasteiger partial charge in [0.05, 0.1) is 24.5 Å². The van der Waals surface area contributed by atoms with Crippen molar-refractivity contribution in [3.8, 4) is 0 Å². The molecule has 26 heavy (non-hydrogen) atoms. The number of hydrogen-bond donors (Lipinski definition) is 1. The maximum Gasteiger partial charge on any atom is 0.317 e. The van der Waals surface area contributed by atoms with Crippen LogP contribution in [-0.2, 0) is 19.6 Å². The highest BCUT2D eigenvalue weighted by Gasteiger charge is 2.17. The number of nitrogens with zero attached hydrogens (tertiary/aromatic N) is 4. The third-order valence-electron chi connectivity index (χ3n) is 4.30. The first-order valence-electron chi connectivity index (χ1n) is 8.66. The van der Waals surface area contributed by atoms with Gasteiger partial charge in [-0.05, 0) is 23.8 Å². The van der Waals surface area contributed by atoms with E-state index < -0.39 is 0 Å². The molecule has 1 aliphatic heterocycles. The first-order chi connectivity index (χ1) is 12.5. The summed E-state index contributed by atoms with van der Waals surface area (Å²) in [6.07, 6.45) is 4.10. The lowest BCUT2D eigenvalue weighted by Crippen LogP contribution is -2.34. The largest absolute Gasteiger partial charge is 0.332 e. The van der Waals surface area contributed by atoms with Gasteiger partial charge < -0.3 is 10.2 Å². The number of aromatic nitrogens is 2. The second-order valence-corrected chi connectivity index (χ2v) is 6.59. The van der Waals surface area contributed by atoms with Gasteiger partial charge in [0.2, 0.25) is 0 Å². The molecule has 1 aromatic carbocycles. The van der Waals surface area contributed by atoms with Gasteiger partial charge in [0.15, 0.2) is 0 Å². The highest BCUT2D eigenvalue weighted by molar-refractivity contribution is 5.73. The molecule has 1 N–H and O–H groups in total. The van der Waals surface area contributed by atoms with Gasteiger partial charge in [-0.2, -0.15) is 5.10 Å². The molecule has 2 heterocycles. The fourth-order valence-electron chi connectivity index (χ4n) is 2.86. The van der Waals surface area contributed by atoms with E-state index in [0.717, 1.165) is 43.1 Å². The van der Waals surface area contributed by atoms with Crippen LogP contribution in [0.1, 0.15) is 17.0 Å². The summed E-state index contributed by atoms with van der Waals surface area (Å²) < 4.78 is 14.9. The van der Waals surface area contributed by atoms with Crippen LogP contribution >= 0.6 is 0 Å². The molecular weight excluding hydrogens is 333 g/mol. The fraction of sp³-hybridized carbons (Fsp3) is 0.368. The lowest BCUT2D eigenvalue weighted by atomic mass is 10.2. The van der Waals surface area contributed by atoms with Crippen molar-refractivity contribution in [2.24, 2.45) is 0 Å². The number of carbonyl (C=O) groups is 1. The molecule has 0 atom stereocenters. The Bertz CT molecular complexity index is 782. The van der Waals surface area contributed by atoms with Crippen molar-refractivity contribution in [2.45, 2.75) is 19.6 Å². The average molecular weight is 357 g/mol. The number of rotatable bonds is 5. The summed E-state index contributed by atoms with van der Waals surface area (Å²) in [5, 5.41) is 7.39. The summed E-state index contributed by atoms with van der Waals surface area (Å²) in [4.78, 5) is 15.4. The van der Waals surface area contributed by atoms with Gasteiger partial charge in [0.25, 0.3) is 0 Å². The molecule has 2 aromatic rings. The molecule has 6 nitrogen and oxygen atoms in total. The van der Waals surface area contributed by atoms with E-state index in [2.05, 4.69) is 21.4 Å². The average Bonchev–Trinajstić information content (AvgIpc) is 3.03. The molecule has 1 aliphatic rings. The summed E-state index contributed by atoms with van der Waals surface area (Å²) in [5.74, 6) is -0.219. The number of halogens is 1. The van der Waals surface area contributed by atoms with Crippen LogP contribution in [0.15, 0.2) is 36.4 Å². The molecule has 0 saturated carbocycles. The number of benzene rings is 1. The Kier molecular flexibility index (Phi) is 5.68. The molecule has 1 aromatic heterocycles. The predicted octanol–water partition coefficient (Wildman–Crippen LogP) is 2.32. The first kappa shape index (κ1) is 18.1. The van der Waals surface area contributed by atoms with E-state index >= 15 is 0 Å². The lowest BCUT2D eigenvalue weighted by Gasteiger charge is -2.26. The second-order valence-electron chi connectivity index (χ2n) is 6.59. The highest BCUT2D eigenvalue weighted by Crippen LogP contribution is 2.14. The van der Waals surface area contributed by atoms with Crippen LogP contribution < -0.4 is 5.32 Å². The Balaban J connectivity index is 1.52. The standard InChI is InChI=1S/C19H24FN5O/c1-23(2)19(26)21-13-17-12-18-14-24(10-11-25(18)22-17)9-3-4-15-5-7-16(20)8-6-15/h3-8,12H,9-11,13-14H2,1-2H3,(H,21,26)/b4-3+. The summed E-state index contributed by atoms with van der Waals surface area (Å²) in [6, 6.07) is 8.40. The van der Waals surface area contributed by atoms with Crippen molar-refractivity contribution in [1.82, 2.24) is 24.9 Å². The molecule has 0 saturated heterocycles. The third kappa shape index (κ3) is 4.70. The minimum atomic E-state index is -0.219. The van der Waals surface area contributed by atoms with Crippen molar-refractivity contribution in [3.63, 3.8) is 0 Å². The number of nitrogens with one attached hydrogen (secondary N) is 1. The molecule has 0 spiro atoms. The van der Waals surface area contributed by atoms with Gasteiger partial charge in [0, 0.05) is 33.7 Å². The van der Waals surface area contributed by atoms with Crippen LogP contribution in [-0.4, -0.2) is 52.8 Å². The van der Waals surface area contributed by atoms with Crippen LogP contribution in [0.4, 0.5) is 9.18 Å². The Morgan fingerprint density at radius 3 is 2.81 bits per heavy atom. The molecule has 0 radical (unpaired) electrons. The topological polar surface area (TPSA) is 53.4 Å². The summed E-state index contributed by atoms with van der Waals surface area (Å²) in [7, 11) is 3.43. The van der Waals surface area contributed by atoms with Crippen LogP contribution in [0.2, 0.25) is 0 Å². The van der Waals surface area contributed by atoms with Crippen LogP contribution in [0.25, 0.3) is 6.08 Å². The van der Waals surface area contributed by atoms with Crippen molar-refractivity contribution in [2.75, 3.05) is 27.2 Å². The van der Waals surface area contributed by atoms with E-state index in [1.807, 2.05) is 16.8 Å². The van der Waals surface area contributed by atoms with E-state index in [9.17, 15) is 9.18 Å². The van der Waals surface area contributed by atoms with Gasteiger partial charge >= 0.3 is 6.03 Å². The quantitative estimate of drug-likeness (QED) is 0.894. The van der Waals surface area contributed by atoms with Crippen LogP contribution in [0, 0.1) is 5.82 Å². The number of fused-ring (bicyclic) bond motifs is 1. The van der Waals surface area contributed by atoms with E-state index in [0.29, 0.717) is 6.54 Å². The predicted molar refractivity (Wildman–Crippen MR) is 98.9 cm³/mol. The van der Waals surface area contributed by atoms with Gasteiger partial charge in [-0.1, -0.05) is 24.3 Å². The minimum Gasteiger partial charge on any atom is -0.332 e. The zero-order valence-electron chi connectivity index (χ0n) is 15.2. The van der Waals surface area contributed by atoms with Crippen LogP contribution in [0.5, 0.6) is 0 Å². The van der Waals surface area contributed by atoms with E-state index in [-0.39, 0.29) is 11.8 Å². The maximum absolute atomic E-state index is 12.9. The molecule has 0 fully saturated rings. The van der Waals surface area contributed by atoms with Gasteiger partial charge in [-0.15, -0.1) is 0 Å². The van der Waals surface area contributed by atoms with Crippen molar-refractivity contribution >= 4 is 12.1 Å². The Hall–Kier alpha value is -2.67. The molecule has 0 unspecified atom stereocenters. The molecule has 7 heteroatoms. The summed E-state index contributed by atoms with van der Waals surface area (Å²) >= 11 is 0. The summed E-state index contributed by atoms with van der Waals surface area (Å²) in [5.41, 5.74) is 3.02. The fourth-order valence-corrected chi connectivity index (χ4v) is 2.86. The van der Waals surface area contributed by atoms with Gasteiger partial charge in [0.1, 0.15) is 5.82 Å². The van der Waals surface area contributed by atoms with E-state index in [1.54, 1.807) is 26.2 Å². The zero-order valence-corrected chi connectivity index (χ0v) is 15.2. The number of urea groups is 1. The Morgan fingerprint density at radius 1 is 1.31 bits per heavy atom. The number of hydrogen-bond acceptors (Lipinski definition) is 3. The molecule has 3 rings (SSSR count). The molecule has 0 bridgehead atoms. The summed E-state index contributed by atoms with van der Waals surface area (Å²) in [6.45, 7) is 3.84. The van der Waals surface area contributed by atoms with Crippen LogP contribution in [0.3, 0.4) is 0 Å². The minimum absolute atomic E-state index is 0.122. The van der Waals surface area contributed by atoms with E-state index in [1.165, 1.54) is 17.0 Å². The van der Waals surface area contributed by atoms with Gasteiger partial charge in [-0.25, -0.2) is 9.18 Å². The zero-order chi connectivity index (χ0) is 18.5. The van der Waals surface area contributed by atoms with Crippen molar-refractivity contribution in [3.05, 3.63) is 59.2 Å². The highest BCUT2D eigenvalue weighted by atomic mass is 19.1.